The Morgan fingerprint density at radius 1 is 1.47 bits per heavy atom. The number of nitrogens with one attached hydrogen (secondary N) is 1. The van der Waals surface area contributed by atoms with E-state index in [1.54, 1.807) is 11.8 Å². The van der Waals surface area contributed by atoms with Crippen LogP contribution < -0.4 is 5.32 Å². The number of alkyl halides is 3. The minimum Gasteiger partial charge on any atom is -0.392 e. The molecule has 1 rings (SSSR count). The van der Waals surface area contributed by atoms with Gasteiger partial charge in [0.15, 0.2) is 0 Å². The number of rotatable bonds is 4. The molecule has 0 saturated heterocycles. The smallest absolute Gasteiger partial charge is 0.392 e. The second-order valence-electron chi connectivity index (χ2n) is 4.14. The summed E-state index contributed by atoms with van der Waals surface area (Å²) in [6.45, 7) is -0.0405. The van der Waals surface area contributed by atoms with Gasteiger partial charge >= 0.3 is 12.1 Å². The van der Waals surface area contributed by atoms with Crippen molar-refractivity contribution in [1.82, 2.24) is 5.32 Å². The number of hydrogen-bond donors (Lipinski definition) is 2. The van der Waals surface area contributed by atoms with Gasteiger partial charge in [-0.1, -0.05) is 0 Å². The molecule has 0 aromatic rings. The molecule has 0 heterocycles. The molecular formula is C10H16F3NO2S. The van der Waals surface area contributed by atoms with Gasteiger partial charge in [-0.05, 0) is 31.4 Å². The number of thioether (sulfide) groups is 1. The minimum atomic E-state index is -4.82. The van der Waals surface area contributed by atoms with Gasteiger partial charge in [0.25, 0.3) is 0 Å². The Bertz CT molecular complexity index is 273. The summed E-state index contributed by atoms with van der Waals surface area (Å²) >= 11 is 1.57. The lowest BCUT2D eigenvalue weighted by Gasteiger charge is -2.18. The van der Waals surface area contributed by atoms with Crippen LogP contribution in [0.2, 0.25) is 0 Å². The Hall–Kier alpha value is -0.430. The SMILES string of the molecule is CS[C@H]1CC[C@H](CCNC(=O)C(F)(F)F)[C@@H]1O. The molecule has 0 spiro atoms. The lowest BCUT2D eigenvalue weighted by atomic mass is 10.0. The molecule has 0 unspecified atom stereocenters. The fourth-order valence-corrected chi connectivity index (χ4v) is 2.94. The van der Waals surface area contributed by atoms with Crippen LogP contribution >= 0.6 is 11.8 Å². The monoisotopic (exact) mass is 271 g/mol. The van der Waals surface area contributed by atoms with Gasteiger partial charge in [0.05, 0.1) is 6.10 Å². The van der Waals surface area contributed by atoms with E-state index in [2.05, 4.69) is 0 Å². The van der Waals surface area contributed by atoms with Crippen molar-refractivity contribution >= 4 is 17.7 Å². The maximum absolute atomic E-state index is 11.9. The Morgan fingerprint density at radius 2 is 2.12 bits per heavy atom. The van der Waals surface area contributed by atoms with Crippen molar-refractivity contribution in [2.24, 2.45) is 5.92 Å². The topological polar surface area (TPSA) is 49.3 Å². The van der Waals surface area contributed by atoms with Crippen molar-refractivity contribution in [3.05, 3.63) is 0 Å². The van der Waals surface area contributed by atoms with E-state index in [0.29, 0.717) is 6.42 Å². The average molecular weight is 271 g/mol. The Morgan fingerprint density at radius 3 is 2.59 bits per heavy atom. The molecule has 1 amide bonds. The van der Waals surface area contributed by atoms with E-state index in [1.807, 2.05) is 11.6 Å². The zero-order valence-corrected chi connectivity index (χ0v) is 10.3. The van der Waals surface area contributed by atoms with E-state index < -0.39 is 18.2 Å². The summed E-state index contributed by atoms with van der Waals surface area (Å²) in [4.78, 5) is 10.5. The summed E-state index contributed by atoms with van der Waals surface area (Å²) in [5.41, 5.74) is 0. The van der Waals surface area contributed by atoms with Gasteiger partial charge in [-0.15, -0.1) is 0 Å². The molecule has 0 aliphatic heterocycles. The Kier molecular flexibility index (Phi) is 5.12. The van der Waals surface area contributed by atoms with E-state index in [-0.39, 0.29) is 17.7 Å². The van der Waals surface area contributed by atoms with Gasteiger partial charge in [-0.25, -0.2) is 0 Å². The average Bonchev–Trinajstić information content (AvgIpc) is 2.58. The molecule has 1 fully saturated rings. The first-order chi connectivity index (χ1) is 7.86. The first kappa shape index (κ1) is 14.6. The summed E-state index contributed by atoms with van der Waals surface area (Å²) in [6, 6.07) is 0. The molecule has 7 heteroatoms. The van der Waals surface area contributed by atoms with Crippen LogP contribution in [0.4, 0.5) is 13.2 Å². The maximum Gasteiger partial charge on any atom is 0.471 e. The third-order valence-electron chi connectivity index (χ3n) is 3.05. The van der Waals surface area contributed by atoms with E-state index in [0.717, 1.165) is 12.8 Å². The van der Waals surface area contributed by atoms with E-state index >= 15 is 0 Å². The molecule has 1 aliphatic rings. The third kappa shape index (κ3) is 4.06. The number of hydrogen-bond acceptors (Lipinski definition) is 3. The summed E-state index contributed by atoms with van der Waals surface area (Å²) in [5.74, 6) is -1.92. The highest BCUT2D eigenvalue weighted by molar-refractivity contribution is 7.99. The second kappa shape index (κ2) is 5.95. The minimum absolute atomic E-state index is 0.0130. The number of aliphatic hydroxyl groups is 1. The predicted molar refractivity (Wildman–Crippen MR) is 59.7 cm³/mol. The number of carbonyl (C=O) groups excluding carboxylic acids is 1. The molecule has 3 atom stereocenters. The van der Waals surface area contributed by atoms with Crippen molar-refractivity contribution < 1.29 is 23.1 Å². The molecule has 2 N–H and O–H groups in total. The summed E-state index contributed by atoms with van der Waals surface area (Å²) < 4.78 is 35.6. The van der Waals surface area contributed by atoms with Crippen LogP contribution in [0.3, 0.4) is 0 Å². The summed E-state index contributed by atoms with van der Waals surface area (Å²) in [5, 5.41) is 11.8. The largest absolute Gasteiger partial charge is 0.471 e. The molecule has 0 radical (unpaired) electrons. The van der Waals surface area contributed by atoms with Crippen molar-refractivity contribution in [2.45, 2.75) is 36.8 Å². The fraction of sp³-hybridized carbons (Fsp3) is 0.900. The van der Waals surface area contributed by atoms with Gasteiger partial charge in [0, 0.05) is 11.8 Å². The first-order valence-electron chi connectivity index (χ1n) is 5.42. The molecular weight excluding hydrogens is 255 g/mol. The number of aliphatic hydroxyl groups excluding tert-OH is 1. The molecule has 1 aliphatic carbocycles. The normalized spacial score (nSPS) is 29.4. The van der Waals surface area contributed by atoms with Gasteiger partial charge in [-0.3, -0.25) is 4.79 Å². The molecule has 3 nitrogen and oxygen atoms in total. The van der Waals surface area contributed by atoms with Crippen molar-refractivity contribution in [3.8, 4) is 0 Å². The Labute approximate surface area is 102 Å². The zero-order chi connectivity index (χ0) is 13.1. The standard InChI is InChI=1S/C10H16F3NO2S/c1-17-7-3-2-6(8(7)15)4-5-14-9(16)10(11,12)13/h6-8,15H,2-5H2,1H3,(H,14,16)/t6-,7+,8+/m1/s1. The lowest BCUT2D eigenvalue weighted by Crippen LogP contribution is -2.38. The number of halogens is 3. The van der Waals surface area contributed by atoms with Gasteiger partial charge in [0.1, 0.15) is 0 Å². The van der Waals surface area contributed by atoms with Gasteiger partial charge in [0.2, 0.25) is 0 Å². The third-order valence-corrected chi connectivity index (χ3v) is 4.17. The highest BCUT2D eigenvalue weighted by Crippen LogP contribution is 2.34. The molecule has 17 heavy (non-hydrogen) atoms. The van der Waals surface area contributed by atoms with E-state index in [4.69, 9.17) is 0 Å². The summed E-state index contributed by atoms with van der Waals surface area (Å²) in [7, 11) is 0. The number of amides is 1. The maximum atomic E-state index is 11.9. The van der Waals surface area contributed by atoms with Crippen LogP contribution in [0.25, 0.3) is 0 Å². The molecule has 100 valence electrons. The van der Waals surface area contributed by atoms with Crippen LogP contribution in [0.15, 0.2) is 0 Å². The van der Waals surface area contributed by atoms with Gasteiger partial charge < -0.3 is 10.4 Å². The van der Waals surface area contributed by atoms with Crippen LogP contribution in [0.5, 0.6) is 0 Å². The molecule has 0 aromatic heterocycles. The predicted octanol–water partition coefficient (Wildman–Crippen LogP) is 1.56. The fourth-order valence-electron chi connectivity index (χ4n) is 2.07. The van der Waals surface area contributed by atoms with Gasteiger partial charge in [-0.2, -0.15) is 24.9 Å². The second-order valence-corrected chi connectivity index (χ2v) is 5.22. The van der Waals surface area contributed by atoms with Crippen LogP contribution in [-0.2, 0) is 4.79 Å². The van der Waals surface area contributed by atoms with Crippen molar-refractivity contribution in [3.63, 3.8) is 0 Å². The summed E-state index contributed by atoms with van der Waals surface area (Å²) in [6.07, 6.45) is -1.33. The van der Waals surface area contributed by atoms with Crippen LogP contribution in [0.1, 0.15) is 19.3 Å². The molecule has 0 bridgehead atoms. The lowest BCUT2D eigenvalue weighted by molar-refractivity contribution is -0.173. The van der Waals surface area contributed by atoms with E-state index in [1.165, 1.54) is 0 Å². The van der Waals surface area contributed by atoms with Crippen LogP contribution in [0, 0.1) is 5.92 Å². The highest BCUT2D eigenvalue weighted by Gasteiger charge is 2.39. The Balaban J connectivity index is 2.26. The highest BCUT2D eigenvalue weighted by atomic mass is 32.2. The number of carbonyl (C=O) groups is 1. The first-order valence-corrected chi connectivity index (χ1v) is 6.71. The van der Waals surface area contributed by atoms with E-state index in [9.17, 15) is 23.1 Å². The molecule has 0 aromatic carbocycles. The van der Waals surface area contributed by atoms with Crippen LogP contribution in [-0.4, -0.2) is 41.3 Å². The van der Waals surface area contributed by atoms with Crippen molar-refractivity contribution in [2.75, 3.05) is 12.8 Å². The quantitative estimate of drug-likeness (QED) is 0.816. The zero-order valence-electron chi connectivity index (χ0n) is 9.46. The van der Waals surface area contributed by atoms with Crippen molar-refractivity contribution in [1.29, 1.82) is 0 Å². The molecule has 1 saturated carbocycles.